The molecule has 0 aliphatic carbocycles. The third-order valence-electron chi connectivity index (χ3n) is 3.38. The van der Waals surface area contributed by atoms with Crippen LogP contribution in [0.2, 0.25) is 0 Å². The van der Waals surface area contributed by atoms with Crippen molar-refractivity contribution in [2.75, 3.05) is 7.11 Å². The Labute approximate surface area is 146 Å². The van der Waals surface area contributed by atoms with Crippen LogP contribution < -0.4 is 14.8 Å². The molecule has 6 heteroatoms. The molecule has 1 aromatic carbocycles. The second kappa shape index (κ2) is 7.84. The van der Waals surface area contributed by atoms with E-state index in [9.17, 15) is 4.79 Å². The van der Waals surface area contributed by atoms with Gasteiger partial charge >= 0.3 is 0 Å². The van der Waals surface area contributed by atoms with Gasteiger partial charge in [0, 0.05) is 0 Å². The number of carbonyl (C=O) groups is 1. The van der Waals surface area contributed by atoms with Crippen LogP contribution in [0.15, 0.2) is 28.7 Å². The maximum absolute atomic E-state index is 11.8. The summed E-state index contributed by atoms with van der Waals surface area (Å²) in [6.45, 7) is 5.94. The lowest BCUT2D eigenvalue weighted by Crippen LogP contribution is -2.18. The highest BCUT2D eigenvalue weighted by atomic mass is 32.2. The minimum absolute atomic E-state index is 0.0873. The summed E-state index contributed by atoms with van der Waals surface area (Å²) in [5, 5.41) is 2.65. The molecule has 0 aromatic heterocycles. The number of thioether (sulfide) groups is 1. The number of rotatable bonds is 6. The van der Waals surface area contributed by atoms with E-state index < -0.39 is 0 Å². The Morgan fingerprint density at radius 1 is 1.35 bits per heavy atom. The Bertz CT molecular complexity index is 653. The van der Waals surface area contributed by atoms with E-state index in [2.05, 4.69) is 5.32 Å². The van der Waals surface area contributed by atoms with Gasteiger partial charge in [-0.2, -0.15) is 0 Å². The fourth-order valence-electron chi connectivity index (χ4n) is 2.26. The zero-order valence-electron chi connectivity index (χ0n) is 13.8. The molecule has 1 saturated heterocycles. The maximum Gasteiger partial charge on any atom is 0.263 e. The fourth-order valence-corrected chi connectivity index (χ4v) is 3.35. The number of hydrogen-bond donors (Lipinski definition) is 1. The molecular formula is C17H21NO3S2. The number of ether oxygens (including phenoxy) is 2. The molecule has 2 rings (SSSR count). The van der Waals surface area contributed by atoms with Crippen LogP contribution in [-0.4, -0.2) is 23.4 Å². The van der Waals surface area contributed by atoms with Crippen molar-refractivity contribution in [3.8, 4) is 11.5 Å². The molecule has 4 nitrogen and oxygen atoms in total. The number of nitrogens with one attached hydrogen (secondary N) is 1. The molecule has 1 heterocycles. The first kappa shape index (κ1) is 17.8. The van der Waals surface area contributed by atoms with Gasteiger partial charge in [0.2, 0.25) is 0 Å². The molecular weight excluding hydrogens is 330 g/mol. The average molecular weight is 351 g/mol. The molecule has 23 heavy (non-hydrogen) atoms. The fraction of sp³-hybridized carbons (Fsp3) is 0.412. The number of carbonyl (C=O) groups excluding carboxylic acids is 1. The molecule has 124 valence electrons. The smallest absolute Gasteiger partial charge is 0.263 e. The predicted molar refractivity (Wildman–Crippen MR) is 98.1 cm³/mol. The van der Waals surface area contributed by atoms with Crippen molar-refractivity contribution in [1.29, 1.82) is 0 Å². The molecule has 1 fully saturated rings. The number of hydrogen-bond acceptors (Lipinski definition) is 5. The quantitative estimate of drug-likeness (QED) is 0.623. The van der Waals surface area contributed by atoms with Crippen molar-refractivity contribution in [2.45, 2.75) is 39.7 Å². The number of benzene rings is 1. The summed E-state index contributed by atoms with van der Waals surface area (Å²) in [4.78, 5) is 12.5. The number of thiocarbonyl (C=S) groups is 1. The molecule has 0 radical (unpaired) electrons. The third-order valence-corrected chi connectivity index (χ3v) is 4.76. The van der Waals surface area contributed by atoms with E-state index in [0.717, 1.165) is 40.4 Å². The van der Waals surface area contributed by atoms with Gasteiger partial charge in [0.05, 0.1) is 18.1 Å². The first-order chi connectivity index (χ1) is 10.9. The Hall–Kier alpha value is -1.53. The topological polar surface area (TPSA) is 47.6 Å². The van der Waals surface area contributed by atoms with E-state index in [1.54, 1.807) is 7.11 Å². The van der Waals surface area contributed by atoms with Crippen LogP contribution in [-0.2, 0) is 11.2 Å². The van der Waals surface area contributed by atoms with Crippen LogP contribution >= 0.6 is 24.0 Å². The summed E-state index contributed by atoms with van der Waals surface area (Å²) >= 11 is 6.36. The molecule has 1 aliphatic rings. The zero-order valence-corrected chi connectivity index (χ0v) is 15.4. The Morgan fingerprint density at radius 3 is 2.65 bits per heavy atom. The van der Waals surface area contributed by atoms with E-state index in [-0.39, 0.29) is 12.0 Å². The van der Waals surface area contributed by atoms with Crippen LogP contribution in [0.3, 0.4) is 0 Å². The van der Waals surface area contributed by atoms with E-state index in [4.69, 9.17) is 21.7 Å². The number of amides is 1. The van der Waals surface area contributed by atoms with Gasteiger partial charge in [-0.3, -0.25) is 4.79 Å². The summed E-state index contributed by atoms with van der Waals surface area (Å²) in [6, 6.07) is 5.95. The van der Waals surface area contributed by atoms with Crippen LogP contribution in [0.4, 0.5) is 0 Å². The first-order valence-corrected chi connectivity index (χ1v) is 8.69. The summed E-state index contributed by atoms with van der Waals surface area (Å²) in [6.07, 6.45) is 1.73. The van der Waals surface area contributed by atoms with E-state index in [0.29, 0.717) is 4.32 Å². The highest BCUT2D eigenvalue weighted by Gasteiger charge is 2.24. The normalized spacial score (nSPS) is 16.6. The summed E-state index contributed by atoms with van der Waals surface area (Å²) < 4.78 is 11.7. The second-order valence-electron chi connectivity index (χ2n) is 5.60. The standard InChI is InChI=1S/C17H21NO3S2/c1-10(2)21-13-8-7-12(9-14(13)20-4)6-5-11(3)15-16(19)18-17(22)23-15/h7-10H,5-6H2,1-4H3,(H,18,19,22). The van der Waals surface area contributed by atoms with Gasteiger partial charge in [-0.05, 0) is 51.3 Å². The first-order valence-electron chi connectivity index (χ1n) is 7.47. The molecule has 0 spiro atoms. The predicted octanol–water partition coefficient (Wildman–Crippen LogP) is 3.84. The molecule has 1 aromatic rings. The molecule has 1 amide bonds. The number of allylic oxidation sites excluding steroid dienone is 1. The van der Waals surface area contributed by atoms with Crippen molar-refractivity contribution in [2.24, 2.45) is 0 Å². The van der Waals surface area contributed by atoms with E-state index in [1.165, 1.54) is 11.8 Å². The molecule has 0 atom stereocenters. The van der Waals surface area contributed by atoms with Gasteiger partial charge in [-0.15, -0.1) is 0 Å². The third kappa shape index (κ3) is 4.72. The Morgan fingerprint density at radius 2 is 2.09 bits per heavy atom. The maximum atomic E-state index is 11.8. The van der Waals surface area contributed by atoms with Crippen LogP contribution in [0.5, 0.6) is 11.5 Å². The lowest BCUT2D eigenvalue weighted by Gasteiger charge is -2.14. The van der Waals surface area contributed by atoms with Gasteiger partial charge in [0.1, 0.15) is 4.32 Å². The monoisotopic (exact) mass is 351 g/mol. The Balaban J connectivity index is 2.07. The molecule has 1 N–H and O–H groups in total. The van der Waals surface area contributed by atoms with Gasteiger partial charge < -0.3 is 14.8 Å². The number of methoxy groups -OCH3 is 1. The largest absolute Gasteiger partial charge is 0.493 e. The Kier molecular flexibility index (Phi) is 6.07. The highest BCUT2D eigenvalue weighted by Crippen LogP contribution is 2.31. The van der Waals surface area contributed by atoms with Crippen molar-refractivity contribution in [3.05, 3.63) is 34.2 Å². The second-order valence-corrected chi connectivity index (χ2v) is 7.29. The zero-order chi connectivity index (χ0) is 17.0. The van der Waals surface area contributed by atoms with Crippen molar-refractivity contribution in [3.63, 3.8) is 0 Å². The molecule has 0 saturated carbocycles. The summed E-state index contributed by atoms with van der Waals surface area (Å²) in [5.41, 5.74) is 2.19. The van der Waals surface area contributed by atoms with Gasteiger partial charge in [0.25, 0.3) is 5.91 Å². The molecule has 1 aliphatic heterocycles. The van der Waals surface area contributed by atoms with Crippen molar-refractivity contribution < 1.29 is 14.3 Å². The van der Waals surface area contributed by atoms with Crippen molar-refractivity contribution in [1.82, 2.24) is 5.32 Å². The molecule has 0 unspecified atom stereocenters. The SMILES string of the molecule is COc1cc(CCC(C)=C2SC(=S)NC2=O)ccc1OC(C)C. The highest BCUT2D eigenvalue weighted by molar-refractivity contribution is 8.26. The lowest BCUT2D eigenvalue weighted by molar-refractivity contribution is -0.115. The summed E-state index contributed by atoms with van der Waals surface area (Å²) in [7, 11) is 1.64. The lowest BCUT2D eigenvalue weighted by atomic mass is 10.0. The van der Waals surface area contributed by atoms with Crippen molar-refractivity contribution >= 4 is 34.2 Å². The number of aryl methyl sites for hydroxylation is 1. The minimum atomic E-state index is -0.0873. The van der Waals surface area contributed by atoms with E-state index in [1.807, 2.05) is 39.0 Å². The van der Waals surface area contributed by atoms with Gasteiger partial charge in [-0.25, -0.2) is 0 Å². The molecule has 0 bridgehead atoms. The summed E-state index contributed by atoms with van der Waals surface area (Å²) in [5.74, 6) is 1.39. The van der Waals surface area contributed by atoms with Crippen LogP contribution in [0.25, 0.3) is 0 Å². The van der Waals surface area contributed by atoms with Gasteiger partial charge in [0.15, 0.2) is 11.5 Å². The van der Waals surface area contributed by atoms with Gasteiger partial charge in [-0.1, -0.05) is 35.6 Å². The van der Waals surface area contributed by atoms with Crippen LogP contribution in [0.1, 0.15) is 32.8 Å². The average Bonchev–Trinajstić information content (AvgIpc) is 2.84. The van der Waals surface area contributed by atoms with Crippen LogP contribution in [0, 0.1) is 0 Å². The minimum Gasteiger partial charge on any atom is -0.493 e. The van der Waals surface area contributed by atoms with E-state index >= 15 is 0 Å².